The fraction of sp³-hybridized carbons (Fsp3) is 1.00. The van der Waals surface area contributed by atoms with Crippen molar-refractivity contribution in [2.45, 2.75) is 51.0 Å². The van der Waals surface area contributed by atoms with Gasteiger partial charge in [-0.1, -0.05) is 12.8 Å². The first-order valence-electron chi connectivity index (χ1n) is 6.79. The van der Waals surface area contributed by atoms with Crippen molar-refractivity contribution in [2.75, 3.05) is 33.2 Å². The second-order valence-electron chi connectivity index (χ2n) is 5.32. The Bertz CT molecular complexity index is 181. The van der Waals surface area contributed by atoms with Gasteiger partial charge in [-0.05, 0) is 65.3 Å². The molecule has 0 spiro atoms. The molecule has 0 aromatic heterocycles. The van der Waals surface area contributed by atoms with Crippen molar-refractivity contribution in [3.05, 3.63) is 0 Å². The Morgan fingerprint density at radius 2 is 1.62 bits per heavy atom. The molecule has 2 aliphatic heterocycles. The van der Waals surface area contributed by atoms with E-state index in [2.05, 4.69) is 16.8 Å². The average Bonchev–Trinajstić information content (AvgIpc) is 2.29. The van der Waals surface area contributed by atoms with Crippen LogP contribution in [0.5, 0.6) is 0 Å². The smallest absolute Gasteiger partial charge is 0.0104 e. The lowest BCUT2D eigenvalue weighted by atomic mass is 9.99. The summed E-state index contributed by atoms with van der Waals surface area (Å²) in [5, 5.41) is 0. The second-order valence-corrected chi connectivity index (χ2v) is 5.32. The van der Waals surface area contributed by atoms with Crippen LogP contribution in [0.4, 0.5) is 0 Å². The maximum atomic E-state index is 2.67. The first kappa shape index (κ1) is 14.3. The van der Waals surface area contributed by atoms with Gasteiger partial charge in [0.25, 0.3) is 0 Å². The van der Waals surface area contributed by atoms with E-state index < -0.39 is 0 Å². The van der Waals surface area contributed by atoms with Gasteiger partial charge in [-0.2, -0.15) is 0 Å². The molecule has 0 N–H and O–H groups in total. The Balaban J connectivity index is 0.00000128. The predicted molar refractivity (Wildman–Crippen MR) is 65.2 cm³/mol. The minimum atomic E-state index is 0. The number of hydrogen-bond acceptors (Lipinski definition) is 2. The summed E-state index contributed by atoms with van der Waals surface area (Å²) in [4.78, 5) is 5.25. The molecule has 0 amide bonds. The summed E-state index contributed by atoms with van der Waals surface area (Å²) in [6, 6.07) is 0.876. The van der Waals surface area contributed by atoms with Crippen molar-refractivity contribution in [1.29, 1.82) is 0 Å². The molecule has 1 unspecified atom stereocenters. The molecule has 0 aliphatic carbocycles. The van der Waals surface area contributed by atoms with E-state index >= 15 is 0 Å². The molecule has 0 radical (unpaired) electrons. The topological polar surface area (TPSA) is 6.48 Å². The third-order valence-corrected chi connectivity index (χ3v) is 4.15. The van der Waals surface area contributed by atoms with Gasteiger partial charge in [-0.25, -0.2) is 0 Å². The summed E-state index contributed by atoms with van der Waals surface area (Å²) < 4.78 is 0. The minimum Gasteiger partial charge on any atom is -1.00 e. The van der Waals surface area contributed by atoms with Gasteiger partial charge in [0.2, 0.25) is 0 Å². The molecule has 2 fully saturated rings. The van der Waals surface area contributed by atoms with Gasteiger partial charge in [-0.3, -0.25) is 0 Å². The van der Waals surface area contributed by atoms with Crippen LogP contribution in [0.25, 0.3) is 0 Å². The summed E-state index contributed by atoms with van der Waals surface area (Å²) in [6.07, 6.45) is 10.0. The lowest BCUT2D eigenvalue weighted by Crippen LogP contribution is -3.00. The summed E-state index contributed by atoms with van der Waals surface area (Å²) in [5.41, 5.74) is 0. The second kappa shape index (κ2) is 7.52. The highest BCUT2D eigenvalue weighted by atomic mass is 35.5. The zero-order valence-corrected chi connectivity index (χ0v) is 11.4. The van der Waals surface area contributed by atoms with Crippen LogP contribution in [0.15, 0.2) is 0 Å². The molecule has 0 bridgehead atoms. The van der Waals surface area contributed by atoms with E-state index in [4.69, 9.17) is 0 Å². The fourth-order valence-corrected chi connectivity index (χ4v) is 3.02. The van der Waals surface area contributed by atoms with Crippen molar-refractivity contribution in [1.82, 2.24) is 9.80 Å². The van der Waals surface area contributed by atoms with Gasteiger partial charge in [-0.15, -0.1) is 0 Å². The third-order valence-electron chi connectivity index (χ3n) is 4.15. The Kier molecular flexibility index (Phi) is 6.71. The van der Waals surface area contributed by atoms with Crippen molar-refractivity contribution in [2.24, 2.45) is 0 Å². The molecule has 2 rings (SSSR count). The van der Waals surface area contributed by atoms with Gasteiger partial charge in [0.05, 0.1) is 0 Å². The molecule has 0 aromatic carbocycles. The van der Waals surface area contributed by atoms with E-state index in [-0.39, 0.29) is 12.4 Å². The monoisotopic (exact) mass is 245 g/mol. The predicted octanol–water partition coefficient (Wildman–Crippen LogP) is -0.649. The molecule has 2 aliphatic rings. The van der Waals surface area contributed by atoms with Gasteiger partial charge in [0.1, 0.15) is 0 Å². The molecular formula is C13H26ClN2-. The fourth-order valence-electron chi connectivity index (χ4n) is 3.02. The normalized spacial score (nSPS) is 28.7. The van der Waals surface area contributed by atoms with E-state index in [0.29, 0.717) is 0 Å². The van der Waals surface area contributed by atoms with Crippen molar-refractivity contribution < 1.29 is 12.4 Å². The number of piperidine rings is 2. The van der Waals surface area contributed by atoms with E-state index in [1.54, 1.807) is 0 Å². The van der Waals surface area contributed by atoms with E-state index in [1.165, 1.54) is 71.1 Å². The van der Waals surface area contributed by atoms with E-state index in [9.17, 15) is 0 Å². The molecule has 96 valence electrons. The molecule has 1 atom stereocenters. The number of likely N-dealkylation sites (tertiary alicyclic amines) is 2. The van der Waals surface area contributed by atoms with Crippen LogP contribution >= 0.6 is 0 Å². The van der Waals surface area contributed by atoms with Gasteiger partial charge < -0.3 is 22.2 Å². The highest BCUT2D eigenvalue weighted by molar-refractivity contribution is 4.76. The summed E-state index contributed by atoms with van der Waals surface area (Å²) in [6.45, 7) is 5.38. The van der Waals surface area contributed by atoms with Gasteiger partial charge >= 0.3 is 0 Å². The van der Waals surface area contributed by atoms with Crippen LogP contribution in [0.3, 0.4) is 0 Å². The first-order chi connectivity index (χ1) is 7.36. The van der Waals surface area contributed by atoms with Crippen molar-refractivity contribution >= 4 is 0 Å². The number of nitrogens with zero attached hydrogens (tertiary/aromatic N) is 2. The summed E-state index contributed by atoms with van der Waals surface area (Å²) >= 11 is 0. The molecule has 16 heavy (non-hydrogen) atoms. The number of halogens is 1. The highest BCUT2D eigenvalue weighted by Crippen LogP contribution is 2.19. The molecule has 2 nitrogen and oxygen atoms in total. The van der Waals surface area contributed by atoms with Crippen LogP contribution < -0.4 is 12.4 Å². The summed E-state index contributed by atoms with van der Waals surface area (Å²) in [5.74, 6) is 0. The third kappa shape index (κ3) is 4.23. The summed E-state index contributed by atoms with van der Waals surface area (Å²) in [7, 11) is 2.31. The lowest BCUT2D eigenvalue weighted by molar-refractivity contribution is -0.00000329. The Hall–Kier alpha value is 0.210. The zero-order valence-electron chi connectivity index (χ0n) is 10.6. The Morgan fingerprint density at radius 1 is 0.938 bits per heavy atom. The average molecular weight is 246 g/mol. The van der Waals surface area contributed by atoms with Crippen molar-refractivity contribution in [3.63, 3.8) is 0 Å². The molecule has 0 aromatic rings. The van der Waals surface area contributed by atoms with Crippen LogP contribution in [0, 0.1) is 0 Å². The molecule has 2 heterocycles. The molecule has 2 saturated heterocycles. The van der Waals surface area contributed by atoms with Gasteiger partial charge in [0, 0.05) is 6.04 Å². The van der Waals surface area contributed by atoms with Crippen LogP contribution in [-0.2, 0) is 0 Å². The Morgan fingerprint density at radius 3 is 2.31 bits per heavy atom. The van der Waals surface area contributed by atoms with Crippen LogP contribution in [0.2, 0.25) is 0 Å². The Labute approximate surface area is 107 Å². The number of hydrogen-bond donors (Lipinski definition) is 0. The molecule has 0 saturated carbocycles. The largest absolute Gasteiger partial charge is 1.00 e. The van der Waals surface area contributed by atoms with Gasteiger partial charge in [0.15, 0.2) is 0 Å². The minimum absolute atomic E-state index is 0. The highest BCUT2D eigenvalue weighted by Gasteiger charge is 2.19. The van der Waals surface area contributed by atoms with Crippen molar-refractivity contribution in [3.8, 4) is 0 Å². The SMILES string of the molecule is CN1CCCCC1CCN1CCCCC1.[Cl-]. The van der Waals surface area contributed by atoms with Crippen LogP contribution in [0.1, 0.15) is 44.9 Å². The lowest BCUT2D eigenvalue weighted by Gasteiger charge is -2.35. The zero-order chi connectivity index (χ0) is 10.5. The number of rotatable bonds is 3. The van der Waals surface area contributed by atoms with E-state index in [0.717, 1.165) is 6.04 Å². The van der Waals surface area contributed by atoms with E-state index in [1.807, 2.05) is 0 Å². The molecule has 3 heteroatoms. The molecular weight excluding hydrogens is 220 g/mol. The standard InChI is InChI=1S/C13H26N2.ClH/c1-14-9-6-3-7-13(14)8-12-15-10-4-2-5-11-15;/h13H,2-12H2,1H3;1H/p-1. The maximum Gasteiger partial charge on any atom is 0.0104 e. The maximum absolute atomic E-state index is 2.67. The first-order valence-corrected chi connectivity index (χ1v) is 6.79. The van der Waals surface area contributed by atoms with Crippen LogP contribution in [-0.4, -0.2) is 49.1 Å². The quantitative estimate of drug-likeness (QED) is 0.652.